The summed E-state index contributed by atoms with van der Waals surface area (Å²) in [4.78, 5) is 35.0. The lowest BCUT2D eigenvalue weighted by Crippen LogP contribution is -2.52. The maximum atomic E-state index is 12.1. The number of hydrogen-bond acceptors (Lipinski definition) is 7. The minimum atomic E-state index is -0.891. The van der Waals surface area contributed by atoms with Crippen LogP contribution in [0.4, 0.5) is 5.69 Å². The van der Waals surface area contributed by atoms with Crippen LogP contribution in [0.1, 0.15) is 5.56 Å². The van der Waals surface area contributed by atoms with Crippen LogP contribution >= 0.6 is 12.2 Å². The lowest BCUT2D eigenvalue weighted by atomic mass is 10.1. The standard InChI is InChI=1S/C13H11N3O6S/c1-15-12(19)7(11(18)14-13(15)23)3-6-4-8(16(20)21)10(17)9(5-6)22-2/h3-5,17H,1-2H3,(H,14,18,23)/p-1/b7-3+. The van der Waals surface area contributed by atoms with Gasteiger partial charge in [-0.25, -0.2) is 0 Å². The van der Waals surface area contributed by atoms with Gasteiger partial charge in [0.25, 0.3) is 17.5 Å². The molecule has 1 fully saturated rings. The van der Waals surface area contributed by atoms with Crippen molar-refractivity contribution in [3.05, 3.63) is 33.4 Å². The van der Waals surface area contributed by atoms with Crippen molar-refractivity contribution in [2.45, 2.75) is 0 Å². The first-order chi connectivity index (χ1) is 10.8. The fourth-order valence-corrected chi connectivity index (χ4v) is 2.07. The quantitative estimate of drug-likeness (QED) is 0.269. The second kappa shape index (κ2) is 6.01. The van der Waals surface area contributed by atoms with Crippen LogP contribution in [0.25, 0.3) is 6.08 Å². The Morgan fingerprint density at radius 3 is 2.61 bits per heavy atom. The zero-order valence-electron chi connectivity index (χ0n) is 12.0. The number of nitrogens with one attached hydrogen (secondary N) is 1. The number of likely N-dealkylation sites (N-methyl/N-ethyl adjacent to an activating group) is 1. The average Bonchev–Trinajstić information content (AvgIpc) is 2.50. The molecule has 1 saturated heterocycles. The molecule has 1 aromatic rings. The monoisotopic (exact) mass is 336 g/mol. The topological polar surface area (TPSA) is 125 Å². The number of ether oxygens (including phenoxy) is 1. The summed E-state index contributed by atoms with van der Waals surface area (Å²) < 4.78 is 4.79. The fraction of sp³-hybridized carbons (Fsp3) is 0.154. The lowest BCUT2D eigenvalue weighted by molar-refractivity contribution is -0.398. The number of rotatable bonds is 3. The van der Waals surface area contributed by atoms with Crippen LogP contribution in [-0.4, -0.2) is 40.9 Å². The van der Waals surface area contributed by atoms with E-state index in [1.807, 2.05) is 0 Å². The number of nitro benzene ring substituents is 1. The third-order valence-electron chi connectivity index (χ3n) is 3.09. The van der Waals surface area contributed by atoms with Gasteiger partial charge in [-0.05, 0) is 29.9 Å². The molecule has 1 heterocycles. The van der Waals surface area contributed by atoms with Gasteiger partial charge in [0.1, 0.15) is 11.3 Å². The van der Waals surface area contributed by atoms with Gasteiger partial charge in [-0.1, -0.05) is 0 Å². The second-order valence-electron chi connectivity index (χ2n) is 4.51. The summed E-state index contributed by atoms with van der Waals surface area (Å²) in [5, 5.41) is 24.9. The summed E-state index contributed by atoms with van der Waals surface area (Å²) in [7, 11) is 2.56. The average molecular weight is 336 g/mol. The molecule has 0 saturated carbocycles. The van der Waals surface area contributed by atoms with Gasteiger partial charge < -0.3 is 9.84 Å². The number of methoxy groups -OCH3 is 1. The molecule has 2 amide bonds. The summed E-state index contributed by atoms with van der Waals surface area (Å²) in [6.45, 7) is 0. The SMILES string of the molecule is COc1cc(/C=C2\C(=O)NC(=S)N(C)C2=O)cc([N+](=O)[O-])c1[O-]. The van der Waals surface area contributed by atoms with Crippen LogP contribution in [0.3, 0.4) is 0 Å². The molecule has 1 aliphatic heterocycles. The zero-order valence-corrected chi connectivity index (χ0v) is 12.8. The molecule has 9 nitrogen and oxygen atoms in total. The van der Waals surface area contributed by atoms with E-state index in [4.69, 9.17) is 17.0 Å². The minimum Gasteiger partial charge on any atom is -0.865 e. The van der Waals surface area contributed by atoms with Crippen LogP contribution in [0.2, 0.25) is 0 Å². The molecule has 2 rings (SSSR count). The highest BCUT2D eigenvalue weighted by Crippen LogP contribution is 2.35. The predicted octanol–water partition coefficient (Wildman–Crippen LogP) is -0.0665. The predicted molar refractivity (Wildman–Crippen MR) is 80.6 cm³/mol. The molecule has 0 spiro atoms. The number of thiocarbonyl (C=S) groups is 1. The molecule has 23 heavy (non-hydrogen) atoms. The molecule has 1 N–H and O–H groups in total. The maximum absolute atomic E-state index is 12.1. The van der Waals surface area contributed by atoms with E-state index in [0.29, 0.717) is 0 Å². The molecule has 0 aromatic heterocycles. The van der Waals surface area contributed by atoms with Crippen LogP contribution in [-0.2, 0) is 9.59 Å². The molecule has 10 heteroatoms. The molecular formula is C13H10N3O6S-. The van der Waals surface area contributed by atoms with Crippen molar-refractivity contribution in [2.75, 3.05) is 14.2 Å². The molecule has 120 valence electrons. The molecule has 1 aromatic carbocycles. The van der Waals surface area contributed by atoms with Gasteiger partial charge in [0.15, 0.2) is 5.11 Å². The lowest BCUT2D eigenvalue weighted by Gasteiger charge is -2.25. The third kappa shape index (κ3) is 2.97. The molecular weight excluding hydrogens is 326 g/mol. The highest BCUT2D eigenvalue weighted by molar-refractivity contribution is 7.80. The normalized spacial score (nSPS) is 16.5. The Morgan fingerprint density at radius 2 is 2.04 bits per heavy atom. The Labute approximate surface area is 135 Å². The van der Waals surface area contributed by atoms with Gasteiger partial charge in [-0.15, -0.1) is 0 Å². The molecule has 0 unspecified atom stereocenters. The van der Waals surface area contributed by atoms with E-state index in [9.17, 15) is 24.8 Å². The van der Waals surface area contributed by atoms with Crippen LogP contribution in [0.5, 0.6) is 11.5 Å². The Balaban J connectivity index is 2.56. The van der Waals surface area contributed by atoms with Crippen molar-refractivity contribution in [3.8, 4) is 11.5 Å². The Bertz CT molecular complexity index is 773. The van der Waals surface area contributed by atoms with E-state index in [1.165, 1.54) is 20.2 Å². The number of amides is 2. The van der Waals surface area contributed by atoms with Gasteiger partial charge in [-0.3, -0.25) is 29.9 Å². The number of hydrogen-bond donors (Lipinski definition) is 1. The highest BCUT2D eigenvalue weighted by atomic mass is 32.1. The van der Waals surface area contributed by atoms with Gasteiger partial charge in [0, 0.05) is 18.9 Å². The first kappa shape index (κ1) is 16.4. The third-order valence-corrected chi connectivity index (χ3v) is 3.47. The number of nitrogens with zero attached hydrogens (tertiary/aromatic N) is 2. The molecule has 1 aliphatic rings. The summed E-state index contributed by atoms with van der Waals surface area (Å²) >= 11 is 4.81. The van der Waals surface area contributed by atoms with Gasteiger partial charge in [0.2, 0.25) is 0 Å². The van der Waals surface area contributed by atoms with Crippen molar-refractivity contribution in [3.63, 3.8) is 0 Å². The first-order valence-corrected chi connectivity index (χ1v) is 6.55. The van der Waals surface area contributed by atoms with E-state index in [1.54, 1.807) is 0 Å². The number of carbonyl (C=O) groups excluding carboxylic acids is 2. The summed E-state index contributed by atoms with van der Waals surface area (Å²) in [5.74, 6) is -2.55. The number of nitro groups is 1. The zero-order chi connectivity index (χ0) is 17.3. The van der Waals surface area contributed by atoms with E-state index < -0.39 is 28.2 Å². The summed E-state index contributed by atoms with van der Waals surface area (Å²) in [6, 6.07) is 2.17. The van der Waals surface area contributed by atoms with Gasteiger partial charge in [-0.2, -0.15) is 0 Å². The number of carbonyl (C=O) groups is 2. The minimum absolute atomic E-state index is 0.0457. The van der Waals surface area contributed by atoms with Crippen molar-refractivity contribution < 1.29 is 24.4 Å². The van der Waals surface area contributed by atoms with Gasteiger partial charge in [0.05, 0.1) is 12.0 Å². The van der Waals surface area contributed by atoms with E-state index in [0.717, 1.165) is 17.0 Å². The molecule has 0 atom stereocenters. The van der Waals surface area contributed by atoms with Crippen molar-refractivity contribution in [2.24, 2.45) is 0 Å². The Hall–Kier alpha value is -3.01. The molecule has 0 radical (unpaired) electrons. The van der Waals surface area contributed by atoms with E-state index >= 15 is 0 Å². The summed E-state index contributed by atoms with van der Waals surface area (Å²) in [6.07, 6.45) is 1.13. The maximum Gasteiger partial charge on any atom is 0.266 e. The van der Waals surface area contributed by atoms with Crippen LogP contribution < -0.4 is 15.2 Å². The fourth-order valence-electron chi connectivity index (χ4n) is 1.89. The van der Waals surface area contributed by atoms with Crippen molar-refractivity contribution in [1.82, 2.24) is 10.2 Å². The Morgan fingerprint density at radius 1 is 1.39 bits per heavy atom. The molecule has 0 aliphatic carbocycles. The van der Waals surface area contributed by atoms with Crippen LogP contribution in [0, 0.1) is 10.1 Å². The van der Waals surface area contributed by atoms with E-state index in [2.05, 4.69) is 5.32 Å². The first-order valence-electron chi connectivity index (χ1n) is 6.14. The van der Waals surface area contributed by atoms with E-state index in [-0.39, 0.29) is 22.0 Å². The smallest absolute Gasteiger partial charge is 0.266 e. The van der Waals surface area contributed by atoms with Gasteiger partial charge >= 0.3 is 0 Å². The Kier molecular flexibility index (Phi) is 4.27. The highest BCUT2D eigenvalue weighted by Gasteiger charge is 2.31. The largest absolute Gasteiger partial charge is 0.865 e. The van der Waals surface area contributed by atoms with Crippen LogP contribution in [0.15, 0.2) is 17.7 Å². The second-order valence-corrected chi connectivity index (χ2v) is 4.90. The summed E-state index contributed by atoms with van der Waals surface area (Å²) in [5.41, 5.74) is -0.882. The van der Waals surface area contributed by atoms with Crippen molar-refractivity contribution >= 4 is 40.9 Å². The molecule has 0 bridgehead atoms. The van der Waals surface area contributed by atoms with Crippen molar-refractivity contribution in [1.29, 1.82) is 0 Å². The number of benzene rings is 1.